The number of hydrogen-bond donors (Lipinski definition) is 3. The van der Waals surface area contributed by atoms with Crippen molar-refractivity contribution < 1.29 is 23.8 Å². The fourth-order valence-corrected chi connectivity index (χ4v) is 3.41. The predicted octanol–water partition coefficient (Wildman–Crippen LogP) is 1.28. The minimum absolute atomic E-state index is 0.101. The highest BCUT2D eigenvalue weighted by atomic mass is 19.1. The summed E-state index contributed by atoms with van der Waals surface area (Å²) in [6.07, 6.45) is 3.92. The van der Waals surface area contributed by atoms with E-state index in [9.17, 15) is 14.3 Å². The van der Waals surface area contributed by atoms with Crippen LogP contribution in [0.1, 0.15) is 44.1 Å². The number of amides is 1. The summed E-state index contributed by atoms with van der Waals surface area (Å²) >= 11 is 0. The van der Waals surface area contributed by atoms with Crippen LogP contribution in [-0.2, 0) is 11.3 Å². The number of aromatic nitrogens is 1. The lowest BCUT2D eigenvalue weighted by molar-refractivity contribution is -0.122. The maximum absolute atomic E-state index is 14.4. The summed E-state index contributed by atoms with van der Waals surface area (Å²) in [5.74, 6) is -0.557. The highest BCUT2D eigenvalue weighted by molar-refractivity contribution is 5.82. The van der Waals surface area contributed by atoms with Gasteiger partial charge in [0.1, 0.15) is 6.10 Å². The van der Waals surface area contributed by atoms with Gasteiger partial charge in [0.25, 0.3) is 5.88 Å². The number of halogens is 1. The average Bonchev–Trinajstić information content (AvgIpc) is 3.18. The molecule has 8 heteroatoms. The van der Waals surface area contributed by atoms with Crippen LogP contribution < -0.4 is 20.1 Å². The molecular weight excluding hydrogens is 341 g/mol. The van der Waals surface area contributed by atoms with Gasteiger partial charge in [-0.25, -0.2) is 4.39 Å². The molecule has 3 rings (SSSR count). The number of methoxy groups -OCH3 is 1. The first-order valence-corrected chi connectivity index (χ1v) is 9.16. The molecule has 26 heavy (non-hydrogen) atoms. The summed E-state index contributed by atoms with van der Waals surface area (Å²) in [6.45, 7) is 0.974. The molecule has 1 amide bonds. The third-order valence-electron chi connectivity index (χ3n) is 4.93. The van der Waals surface area contributed by atoms with E-state index >= 15 is 0 Å². The molecule has 2 fully saturated rings. The van der Waals surface area contributed by atoms with Crippen molar-refractivity contribution in [1.82, 2.24) is 15.6 Å². The lowest BCUT2D eigenvalue weighted by Crippen LogP contribution is -2.40. The Bertz CT molecular complexity index is 629. The van der Waals surface area contributed by atoms with E-state index in [0.717, 1.165) is 19.4 Å². The lowest BCUT2D eigenvalue weighted by Gasteiger charge is -2.26. The van der Waals surface area contributed by atoms with Crippen molar-refractivity contribution in [3.8, 4) is 11.8 Å². The molecule has 0 spiro atoms. The number of carbonyl (C=O) groups is 1. The van der Waals surface area contributed by atoms with Crippen LogP contribution >= 0.6 is 0 Å². The van der Waals surface area contributed by atoms with E-state index in [1.807, 2.05) is 0 Å². The van der Waals surface area contributed by atoms with Crippen molar-refractivity contribution in [3.63, 3.8) is 0 Å². The zero-order valence-electron chi connectivity index (χ0n) is 15.0. The molecule has 2 heterocycles. The van der Waals surface area contributed by atoms with Crippen molar-refractivity contribution in [2.24, 2.45) is 0 Å². The zero-order valence-corrected chi connectivity index (χ0v) is 15.0. The molecule has 1 aromatic rings. The lowest BCUT2D eigenvalue weighted by atomic mass is 9.95. The van der Waals surface area contributed by atoms with Gasteiger partial charge in [0.15, 0.2) is 5.82 Å². The fraction of sp³-hybridized carbons (Fsp3) is 0.667. The number of rotatable bonds is 6. The van der Waals surface area contributed by atoms with Crippen LogP contribution in [0, 0.1) is 5.82 Å². The van der Waals surface area contributed by atoms with Gasteiger partial charge in [-0.15, -0.1) is 0 Å². The smallest absolute Gasteiger partial charge is 0.254 e. The topological polar surface area (TPSA) is 92.7 Å². The zero-order chi connectivity index (χ0) is 18.5. The molecule has 1 aliphatic heterocycles. The van der Waals surface area contributed by atoms with Gasteiger partial charge in [-0.3, -0.25) is 4.79 Å². The number of aliphatic hydroxyl groups excluding tert-OH is 1. The molecule has 0 bridgehead atoms. The minimum atomic E-state index is -0.583. The Hall–Kier alpha value is -1.93. The summed E-state index contributed by atoms with van der Waals surface area (Å²) in [5, 5.41) is 15.5. The van der Waals surface area contributed by atoms with Crippen LogP contribution in [0.15, 0.2) is 6.07 Å². The molecule has 0 aromatic carbocycles. The number of ether oxygens (including phenoxy) is 2. The Balaban J connectivity index is 1.63. The summed E-state index contributed by atoms with van der Waals surface area (Å²) in [6, 6.07) is 1.10. The van der Waals surface area contributed by atoms with Gasteiger partial charge in [0.2, 0.25) is 11.8 Å². The largest absolute Gasteiger partial charge is 0.481 e. The Morgan fingerprint density at radius 1 is 1.35 bits per heavy atom. The molecule has 1 atom stereocenters. The van der Waals surface area contributed by atoms with E-state index in [-0.39, 0.29) is 42.5 Å². The van der Waals surface area contributed by atoms with E-state index in [0.29, 0.717) is 31.2 Å². The second-order valence-electron chi connectivity index (χ2n) is 6.86. The van der Waals surface area contributed by atoms with Gasteiger partial charge in [-0.2, -0.15) is 4.98 Å². The van der Waals surface area contributed by atoms with Gasteiger partial charge in [0, 0.05) is 12.1 Å². The van der Waals surface area contributed by atoms with Gasteiger partial charge in [0.05, 0.1) is 19.3 Å². The Morgan fingerprint density at radius 2 is 2.12 bits per heavy atom. The molecule has 3 N–H and O–H groups in total. The molecule has 1 aromatic heterocycles. The molecule has 1 aliphatic carbocycles. The first-order valence-electron chi connectivity index (χ1n) is 9.16. The van der Waals surface area contributed by atoms with Crippen molar-refractivity contribution in [2.45, 2.75) is 63.3 Å². The first kappa shape index (κ1) is 18.8. The highest BCUT2D eigenvalue weighted by Crippen LogP contribution is 2.28. The Labute approximate surface area is 152 Å². The third kappa shape index (κ3) is 4.62. The van der Waals surface area contributed by atoms with Crippen molar-refractivity contribution in [2.75, 3.05) is 13.7 Å². The number of pyridine rings is 1. The van der Waals surface area contributed by atoms with Crippen LogP contribution in [0.3, 0.4) is 0 Å². The van der Waals surface area contributed by atoms with Gasteiger partial charge in [-0.05, 0) is 51.1 Å². The molecule has 2 aliphatic rings. The highest BCUT2D eigenvalue weighted by Gasteiger charge is 2.25. The fourth-order valence-electron chi connectivity index (χ4n) is 3.41. The van der Waals surface area contributed by atoms with Crippen LogP contribution in [0.2, 0.25) is 0 Å². The number of nitrogens with one attached hydrogen (secondary N) is 2. The van der Waals surface area contributed by atoms with E-state index in [4.69, 9.17) is 9.47 Å². The molecule has 0 unspecified atom stereocenters. The maximum Gasteiger partial charge on any atom is 0.254 e. The van der Waals surface area contributed by atoms with Crippen LogP contribution in [0.5, 0.6) is 11.8 Å². The average molecular weight is 367 g/mol. The molecule has 1 saturated heterocycles. The standard InChI is InChI=1S/C18H26FN3O4/c1-25-17-11(10-21-16(24)15-3-2-8-20-15)9-14(19)18(22-17)26-13-6-4-12(23)5-7-13/h9,12-13,15,20,23H,2-8,10H2,1H3,(H,21,24)/t12?,13?,15-/m0/s1. The van der Waals surface area contributed by atoms with E-state index < -0.39 is 5.82 Å². The SMILES string of the molecule is COc1nc(OC2CCC(O)CC2)c(F)cc1CNC(=O)[C@@H]1CCCN1. The van der Waals surface area contributed by atoms with Crippen molar-refractivity contribution >= 4 is 5.91 Å². The molecular formula is C18H26FN3O4. The van der Waals surface area contributed by atoms with Gasteiger partial charge in [-0.1, -0.05) is 0 Å². The summed E-state index contributed by atoms with van der Waals surface area (Å²) in [5.41, 5.74) is 0.461. The number of hydrogen-bond acceptors (Lipinski definition) is 6. The number of nitrogens with zero attached hydrogens (tertiary/aromatic N) is 1. The third-order valence-corrected chi connectivity index (χ3v) is 4.93. The van der Waals surface area contributed by atoms with E-state index in [1.165, 1.54) is 13.2 Å². The van der Waals surface area contributed by atoms with Gasteiger partial charge < -0.3 is 25.2 Å². The summed E-state index contributed by atoms with van der Waals surface area (Å²) in [7, 11) is 1.45. The summed E-state index contributed by atoms with van der Waals surface area (Å²) in [4.78, 5) is 16.2. The van der Waals surface area contributed by atoms with Crippen molar-refractivity contribution in [1.29, 1.82) is 0 Å². The molecule has 0 radical (unpaired) electrons. The first-order chi connectivity index (χ1) is 12.6. The quantitative estimate of drug-likeness (QED) is 0.701. The van der Waals surface area contributed by atoms with E-state index in [2.05, 4.69) is 15.6 Å². The normalized spacial score (nSPS) is 25.7. The van der Waals surface area contributed by atoms with E-state index in [1.54, 1.807) is 0 Å². The second kappa shape index (κ2) is 8.64. The second-order valence-corrected chi connectivity index (χ2v) is 6.86. The van der Waals surface area contributed by atoms with Crippen LogP contribution in [0.25, 0.3) is 0 Å². The Morgan fingerprint density at radius 3 is 2.77 bits per heavy atom. The summed E-state index contributed by atoms with van der Waals surface area (Å²) < 4.78 is 25.3. The monoisotopic (exact) mass is 367 g/mol. The number of carbonyl (C=O) groups excluding carboxylic acids is 1. The van der Waals surface area contributed by atoms with Gasteiger partial charge >= 0.3 is 0 Å². The predicted molar refractivity (Wildman–Crippen MR) is 92.5 cm³/mol. The van der Waals surface area contributed by atoms with Crippen LogP contribution in [-0.4, -0.2) is 47.9 Å². The van der Waals surface area contributed by atoms with Crippen molar-refractivity contribution in [3.05, 3.63) is 17.4 Å². The minimum Gasteiger partial charge on any atom is -0.481 e. The number of aliphatic hydroxyl groups is 1. The Kier molecular flexibility index (Phi) is 6.26. The van der Waals surface area contributed by atoms with Crippen LogP contribution in [0.4, 0.5) is 4.39 Å². The maximum atomic E-state index is 14.4. The molecule has 1 saturated carbocycles. The molecule has 7 nitrogen and oxygen atoms in total. The molecule has 144 valence electrons.